The van der Waals surface area contributed by atoms with Crippen LogP contribution in [0.25, 0.3) is 10.2 Å². The van der Waals surface area contributed by atoms with Crippen LogP contribution in [0.3, 0.4) is 0 Å². The number of thiazole rings is 1. The van der Waals surface area contributed by atoms with E-state index in [-0.39, 0.29) is 0 Å². The number of nitrogens with one attached hydrogen (secondary N) is 1. The molecule has 1 aliphatic carbocycles. The van der Waals surface area contributed by atoms with Crippen LogP contribution in [0.15, 0.2) is 24.3 Å². The number of para-hydroxylation sites is 1. The topological polar surface area (TPSA) is 62.2 Å². The maximum absolute atomic E-state index is 11.6. The van der Waals surface area contributed by atoms with Gasteiger partial charge >= 0.3 is 5.97 Å². The predicted molar refractivity (Wildman–Crippen MR) is 76.7 cm³/mol. The standard InChI is InChI=1S/C14H16N2O2S/c17-12(18)14(8-4-1-5-9-14)16-13-15-10-6-2-3-7-11(10)19-13/h2-3,6-7H,1,4-5,8-9H2,(H,15,16)(H,17,18). The lowest BCUT2D eigenvalue weighted by Crippen LogP contribution is -2.47. The van der Waals surface area contributed by atoms with Gasteiger partial charge in [0.25, 0.3) is 0 Å². The summed E-state index contributed by atoms with van der Waals surface area (Å²) in [5, 5.41) is 13.4. The Labute approximate surface area is 115 Å². The number of aromatic nitrogens is 1. The molecular formula is C14H16N2O2S. The second-order valence-electron chi connectivity index (χ2n) is 5.06. The second-order valence-corrected chi connectivity index (χ2v) is 6.09. The van der Waals surface area contributed by atoms with Gasteiger partial charge in [-0.05, 0) is 25.0 Å². The molecule has 1 fully saturated rings. The van der Waals surface area contributed by atoms with E-state index in [1.54, 1.807) is 0 Å². The number of fused-ring (bicyclic) bond motifs is 1. The molecule has 0 saturated heterocycles. The van der Waals surface area contributed by atoms with Gasteiger partial charge in [0.1, 0.15) is 5.54 Å². The minimum atomic E-state index is -0.827. The van der Waals surface area contributed by atoms with Crippen LogP contribution in [0.1, 0.15) is 32.1 Å². The molecule has 100 valence electrons. The van der Waals surface area contributed by atoms with Crippen LogP contribution in [0, 0.1) is 0 Å². The number of benzene rings is 1. The highest BCUT2D eigenvalue weighted by Crippen LogP contribution is 2.34. The van der Waals surface area contributed by atoms with E-state index in [1.165, 1.54) is 11.3 Å². The molecule has 2 N–H and O–H groups in total. The molecule has 1 aromatic carbocycles. The van der Waals surface area contributed by atoms with Gasteiger partial charge in [0, 0.05) is 0 Å². The zero-order valence-corrected chi connectivity index (χ0v) is 11.4. The van der Waals surface area contributed by atoms with Crippen molar-refractivity contribution in [2.24, 2.45) is 0 Å². The number of hydrogen-bond acceptors (Lipinski definition) is 4. The third kappa shape index (κ3) is 2.30. The molecule has 19 heavy (non-hydrogen) atoms. The molecule has 0 aliphatic heterocycles. The third-order valence-electron chi connectivity index (χ3n) is 3.76. The molecule has 5 heteroatoms. The van der Waals surface area contributed by atoms with E-state index in [0.717, 1.165) is 29.5 Å². The van der Waals surface area contributed by atoms with Gasteiger partial charge in [0.2, 0.25) is 0 Å². The first kappa shape index (κ1) is 12.4. The lowest BCUT2D eigenvalue weighted by molar-refractivity contribution is -0.143. The number of hydrogen-bond donors (Lipinski definition) is 2. The molecule has 1 saturated carbocycles. The number of anilines is 1. The molecule has 0 unspecified atom stereocenters. The van der Waals surface area contributed by atoms with Gasteiger partial charge in [0.15, 0.2) is 5.13 Å². The van der Waals surface area contributed by atoms with Crippen molar-refractivity contribution in [2.45, 2.75) is 37.6 Å². The van der Waals surface area contributed by atoms with E-state index in [2.05, 4.69) is 10.3 Å². The molecule has 4 nitrogen and oxygen atoms in total. The zero-order valence-electron chi connectivity index (χ0n) is 10.6. The highest BCUT2D eigenvalue weighted by atomic mass is 32.1. The summed E-state index contributed by atoms with van der Waals surface area (Å²) in [6.07, 6.45) is 4.40. The molecule has 0 atom stereocenters. The first-order valence-electron chi connectivity index (χ1n) is 6.57. The van der Waals surface area contributed by atoms with E-state index >= 15 is 0 Å². The van der Waals surface area contributed by atoms with Gasteiger partial charge < -0.3 is 10.4 Å². The summed E-state index contributed by atoms with van der Waals surface area (Å²) in [5.74, 6) is -0.758. The molecule has 3 rings (SSSR count). The summed E-state index contributed by atoms with van der Waals surface area (Å²) in [6, 6.07) is 7.87. The quantitative estimate of drug-likeness (QED) is 0.900. The van der Waals surface area contributed by atoms with Crippen LogP contribution in [0.5, 0.6) is 0 Å². The fraction of sp³-hybridized carbons (Fsp3) is 0.429. The van der Waals surface area contributed by atoms with Crippen LogP contribution >= 0.6 is 11.3 Å². The van der Waals surface area contributed by atoms with Crippen molar-refractivity contribution in [1.82, 2.24) is 4.98 Å². The molecule has 0 spiro atoms. The number of carboxylic acids is 1. The first-order valence-corrected chi connectivity index (χ1v) is 7.38. The fourth-order valence-electron chi connectivity index (χ4n) is 2.68. The number of nitrogens with zero attached hydrogens (tertiary/aromatic N) is 1. The summed E-state index contributed by atoms with van der Waals surface area (Å²) in [7, 11) is 0. The molecular weight excluding hydrogens is 260 g/mol. The van der Waals surface area contributed by atoms with Gasteiger partial charge in [-0.25, -0.2) is 9.78 Å². The van der Waals surface area contributed by atoms with Crippen LogP contribution in [0.2, 0.25) is 0 Å². The summed E-state index contributed by atoms with van der Waals surface area (Å²) in [4.78, 5) is 16.1. The van der Waals surface area contributed by atoms with E-state index in [0.29, 0.717) is 18.0 Å². The van der Waals surface area contributed by atoms with Crippen molar-refractivity contribution in [2.75, 3.05) is 5.32 Å². The van der Waals surface area contributed by atoms with Crippen molar-refractivity contribution in [1.29, 1.82) is 0 Å². The van der Waals surface area contributed by atoms with Crippen LogP contribution in [-0.4, -0.2) is 21.6 Å². The third-order valence-corrected chi connectivity index (χ3v) is 4.71. The molecule has 1 aromatic heterocycles. The normalized spacial score (nSPS) is 18.3. The van der Waals surface area contributed by atoms with Crippen molar-refractivity contribution in [3.63, 3.8) is 0 Å². The second kappa shape index (κ2) is 4.81. The van der Waals surface area contributed by atoms with Crippen molar-refractivity contribution < 1.29 is 9.90 Å². The lowest BCUT2D eigenvalue weighted by atomic mass is 9.82. The molecule has 0 amide bonds. The molecule has 2 aromatic rings. The van der Waals surface area contributed by atoms with E-state index in [1.807, 2.05) is 24.3 Å². The first-order chi connectivity index (χ1) is 9.20. The van der Waals surface area contributed by atoms with Crippen LogP contribution in [-0.2, 0) is 4.79 Å². The Hall–Kier alpha value is -1.62. The van der Waals surface area contributed by atoms with Crippen molar-refractivity contribution >= 4 is 32.7 Å². The summed E-state index contributed by atoms with van der Waals surface area (Å²) < 4.78 is 1.08. The number of aliphatic carboxylic acids is 1. The largest absolute Gasteiger partial charge is 0.480 e. The average molecular weight is 276 g/mol. The van der Waals surface area contributed by atoms with Gasteiger partial charge in [-0.2, -0.15) is 0 Å². The van der Waals surface area contributed by atoms with E-state index in [4.69, 9.17) is 0 Å². The van der Waals surface area contributed by atoms with Gasteiger partial charge in [0.05, 0.1) is 10.2 Å². The van der Waals surface area contributed by atoms with E-state index < -0.39 is 11.5 Å². The van der Waals surface area contributed by atoms with Crippen LogP contribution in [0.4, 0.5) is 5.13 Å². The smallest absolute Gasteiger partial charge is 0.329 e. The highest BCUT2D eigenvalue weighted by Gasteiger charge is 2.40. The minimum Gasteiger partial charge on any atom is -0.480 e. The summed E-state index contributed by atoms with van der Waals surface area (Å²) in [5.41, 5.74) is 0.0953. The van der Waals surface area contributed by atoms with E-state index in [9.17, 15) is 9.90 Å². The summed E-state index contributed by atoms with van der Waals surface area (Å²) >= 11 is 1.52. The Kier molecular flexibility index (Phi) is 3.14. The Morgan fingerprint density at radius 2 is 2.00 bits per heavy atom. The van der Waals surface area contributed by atoms with Crippen molar-refractivity contribution in [3.05, 3.63) is 24.3 Å². The number of carbonyl (C=O) groups is 1. The van der Waals surface area contributed by atoms with Gasteiger partial charge in [-0.3, -0.25) is 0 Å². The fourth-order valence-corrected chi connectivity index (χ4v) is 3.64. The number of carboxylic acid groups (broad SMARTS) is 1. The SMILES string of the molecule is O=C(O)C1(Nc2nc3ccccc3s2)CCCCC1. The summed E-state index contributed by atoms with van der Waals surface area (Å²) in [6.45, 7) is 0. The Morgan fingerprint density at radius 3 is 2.68 bits per heavy atom. The molecule has 0 radical (unpaired) electrons. The maximum atomic E-state index is 11.6. The van der Waals surface area contributed by atoms with Gasteiger partial charge in [-0.15, -0.1) is 0 Å². The maximum Gasteiger partial charge on any atom is 0.329 e. The zero-order chi connectivity index (χ0) is 13.3. The Morgan fingerprint density at radius 1 is 1.26 bits per heavy atom. The monoisotopic (exact) mass is 276 g/mol. The average Bonchev–Trinajstić information content (AvgIpc) is 2.81. The Balaban J connectivity index is 1.91. The Bertz CT molecular complexity index is 569. The predicted octanol–water partition coefficient (Wildman–Crippen LogP) is 3.50. The highest BCUT2D eigenvalue weighted by molar-refractivity contribution is 7.22. The molecule has 1 heterocycles. The van der Waals surface area contributed by atoms with Crippen molar-refractivity contribution in [3.8, 4) is 0 Å². The van der Waals surface area contributed by atoms with Crippen LogP contribution < -0.4 is 5.32 Å². The lowest BCUT2D eigenvalue weighted by Gasteiger charge is -2.33. The van der Waals surface area contributed by atoms with Gasteiger partial charge in [-0.1, -0.05) is 42.7 Å². The minimum absolute atomic E-state index is 0.679. The molecule has 1 aliphatic rings. The number of rotatable bonds is 3. The molecule has 0 bridgehead atoms.